The van der Waals surface area contributed by atoms with Crippen molar-refractivity contribution < 1.29 is 4.74 Å². The van der Waals surface area contributed by atoms with Crippen molar-refractivity contribution in [2.75, 3.05) is 0 Å². The summed E-state index contributed by atoms with van der Waals surface area (Å²) in [6, 6.07) is 12.9. The van der Waals surface area contributed by atoms with Crippen LogP contribution in [0.25, 0.3) is 16.3 Å². The molecular weight excluding hydrogens is 268 g/mol. The van der Waals surface area contributed by atoms with E-state index in [9.17, 15) is 0 Å². The first-order valence-electron chi connectivity index (χ1n) is 8.07. The summed E-state index contributed by atoms with van der Waals surface area (Å²) in [4.78, 5) is 0. The zero-order chi connectivity index (χ0) is 15.9. The summed E-state index contributed by atoms with van der Waals surface area (Å²) in [5.41, 5.74) is 5.41. The standard InChI is InChI=1S/C21H24O/c1-13(2)22-21-18-9-7-6-8-17(18)10-11-19(21)20-15(4)12-14(3)16(20)5/h6-13,15H,1-5H3. The lowest BCUT2D eigenvalue weighted by Crippen LogP contribution is -2.09. The highest BCUT2D eigenvalue weighted by molar-refractivity contribution is 5.95. The minimum atomic E-state index is 0.163. The molecule has 0 spiro atoms. The normalized spacial score (nSPS) is 18.3. The first kappa shape index (κ1) is 14.9. The van der Waals surface area contributed by atoms with Gasteiger partial charge in [-0.3, -0.25) is 0 Å². The molecule has 0 aromatic heterocycles. The summed E-state index contributed by atoms with van der Waals surface area (Å²) in [5.74, 6) is 1.47. The first-order chi connectivity index (χ1) is 10.5. The number of hydrogen-bond acceptors (Lipinski definition) is 1. The molecule has 2 aromatic carbocycles. The summed E-state index contributed by atoms with van der Waals surface area (Å²) in [7, 11) is 0. The Morgan fingerprint density at radius 1 is 1.00 bits per heavy atom. The Kier molecular flexibility index (Phi) is 3.82. The van der Waals surface area contributed by atoms with Crippen LogP contribution in [0.15, 0.2) is 53.6 Å². The Morgan fingerprint density at radius 3 is 2.36 bits per heavy atom. The van der Waals surface area contributed by atoms with Gasteiger partial charge in [-0.05, 0) is 44.2 Å². The molecule has 1 aliphatic rings. The molecule has 0 N–H and O–H groups in total. The smallest absolute Gasteiger partial charge is 0.135 e. The molecule has 0 amide bonds. The van der Waals surface area contributed by atoms with Crippen LogP contribution in [0.5, 0.6) is 5.75 Å². The Balaban J connectivity index is 2.26. The summed E-state index contributed by atoms with van der Waals surface area (Å²) in [5, 5.41) is 2.43. The minimum Gasteiger partial charge on any atom is -0.490 e. The Bertz CT molecular complexity index is 778. The van der Waals surface area contributed by atoms with Crippen molar-refractivity contribution in [1.82, 2.24) is 0 Å². The lowest BCUT2D eigenvalue weighted by atomic mass is 9.91. The summed E-state index contributed by atoms with van der Waals surface area (Å²) in [6.45, 7) is 10.9. The highest BCUT2D eigenvalue weighted by atomic mass is 16.5. The second-order valence-corrected chi connectivity index (χ2v) is 6.51. The molecule has 1 nitrogen and oxygen atoms in total. The third-order valence-corrected chi connectivity index (χ3v) is 4.47. The SMILES string of the molecule is CC1=CC(C)C(c2ccc3ccccc3c2OC(C)C)=C1C. The van der Waals surface area contributed by atoms with Crippen LogP contribution in [-0.2, 0) is 0 Å². The Labute approximate surface area is 133 Å². The monoisotopic (exact) mass is 292 g/mol. The summed E-state index contributed by atoms with van der Waals surface area (Å²) >= 11 is 0. The maximum Gasteiger partial charge on any atom is 0.135 e. The van der Waals surface area contributed by atoms with E-state index in [2.05, 4.69) is 77.1 Å². The number of rotatable bonds is 3. The maximum atomic E-state index is 6.25. The number of hydrogen-bond donors (Lipinski definition) is 0. The topological polar surface area (TPSA) is 9.23 Å². The van der Waals surface area contributed by atoms with Gasteiger partial charge in [0.15, 0.2) is 0 Å². The molecule has 0 bridgehead atoms. The highest BCUT2D eigenvalue weighted by Gasteiger charge is 2.23. The van der Waals surface area contributed by atoms with Gasteiger partial charge in [-0.25, -0.2) is 0 Å². The molecule has 2 aromatic rings. The number of allylic oxidation sites excluding steroid dienone is 4. The fraction of sp³-hybridized carbons (Fsp3) is 0.333. The van der Waals surface area contributed by atoms with Crippen LogP contribution in [-0.4, -0.2) is 6.10 Å². The van der Waals surface area contributed by atoms with E-state index in [1.807, 2.05) is 0 Å². The van der Waals surface area contributed by atoms with Gasteiger partial charge >= 0.3 is 0 Å². The number of ether oxygens (including phenoxy) is 1. The van der Waals surface area contributed by atoms with Crippen molar-refractivity contribution in [3.8, 4) is 5.75 Å². The van der Waals surface area contributed by atoms with E-state index >= 15 is 0 Å². The molecule has 0 heterocycles. The fourth-order valence-corrected chi connectivity index (χ4v) is 3.40. The molecule has 1 heteroatoms. The second kappa shape index (κ2) is 5.64. The van der Waals surface area contributed by atoms with Crippen LogP contribution in [0.3, 0.4) is 0 Å². The van der Waals surface area contributed by atoms with Gasteiger partial charge in [0, 0.05) is 16.9 Å². The van der Waals surface area contributed by atoms with Crippen molar-refractivity contribution in [3.05, 3.63) is 59.2 Å². The third-order valence-electron chi connectivity index (χ3n) is 4.47. The molecule has 114 valence electrons. The van der Waals surface area contributed by atoms with Gasteiger partial charge in [-0.15, -0.1) is 0 Å². The first-order valence-corrected chi connectivity index (χ1v) is 8.07. The summed E-state index contributed by atoms with van der Waals surface area (Å²) in [6.07, 6.45) is 2.51. The lowest BCUT2D eigenvalue weighted by molar-refractivity contribution is 0.244. The Morgan fingerprint density at radius 2 is 1.73 bits per heavy atom. The largest absolute Gasteiger partial charge is 0.490 e. The van der Waals surface area contributed by atoms with Crippen LogP contribution in [0.2, 0.25) is 0 Å². The zero-order valence-electron chi connectivity index (χ0n) is 14.1. The summed E-state index contributed by atoms with van der Waals surface area (Å²) < 4.78 is 6.25. The average Bonchev–Trinajstić information content (AvgIpc) is 2.73. The molecule has 0 saturated heterocycles. The molecule has 0 radical (unpaired) electrons. The van der Waals surface area contributed by atoms with Gasteiger partial charge in [0.1, 0.15) is 5.75 Å². The van der Waals surface area contributed by atoms with Gasteiger partial charge < -0.3 is 4.74 Å². The molecule has 1 unspecified atom stereocenters. The molecular formula is C21H24O. The fourth-order valence-electron chi connectivity index (χ4n) is 3.40. The van der Waals surface area contributed by atoms with Crippen molar-refractivity contribution >= 4 is 16.3 Å². The predicted molar refractivity (Wildman–Crippen MR) is 95.2 cm³/mol. The minimum absolute atomic E-state index is 0.163. The van der Waals surface area contributed by atoms with E-state index in [1.165, 1.54) is 33.1 Å². The van der Waals surface area contributed by atoms with Crippen molar-refractivity contribution in [2.24, 2.45) is 5.92 Å². The third kappa shape index (κ3) is 2.45. The lowest BCUT2D eigenvalue weighted by Gasteiger charge is -2.20. The van der Waals surface area contributed by atoms with E-state index in [4.69, 9.17) is 4.74 Å². The predicted octanol–water partition coefficient (Wildman–Crippen LogP) is 6.00. The van der Waals surface area contributed by atoms with Crippen LogP contribution in [0, 0.1) is 5.92 Å². The van der Waals surface area contributed by atoms with Crippen molar-refractivity contribution in [3.63, 3.8) is 0 Å². The van der Waals surface area contributed by atoms with Gasteiger partial charge in [0.2, 0.25) is 0 Å². The van der Waals surface area contributed by atoms with E-state index in [-0.39, 0.29) is 6.10 Å². The second-order valence-electron chi connectivity index (χ2n) is 6.51. The van der Waals surface area contributed by atoms with E-state index < -0.39 is 0 Å². The quantitative estimate of drug-likeness (QED) is 0.674. The van der Waals surface area contributed by atoms with E-state index in [0.717, 1.165) is 5.75 Å². The van der Waals surface area contributed by atoms with Crippen LogP contribution >= 0.6 is 0 Å². The van der Waals surface area contributed by atoms with Gasteiger partial charge in [-0.2, -0.15) is 0 Å². The van der Waals surface area contributed by atoms with E-state index in [0.29, 0.717) is 5.92 Å². The van der Waals surface area contributed by atoms with E-state index in [1.54, 1.807) is 0 Å². The Hall–Kier alpha value is -2.02. The molecule has 22 heavy (non-hydrogen) atoms. The molecule has 3 rings (SSSR count). The van der Waals surface area contributed by atoms with Gasteiger partial charge in [0.05, 0.1) is 6.10 Å². The number of benzene rings is 2. The molecule has 1 aliphatic carbocycles. The van der Waals surface area contributed by atoms with Gasteiger partial charge in [-0.1, -0.05) is 55.0 Å². The average molecular weight is 292 g/mol. The van der Waals surface area contributed by atoms with Crippen molar-refractivity contribution in [1.29, 1.82) is 0 Å². The molecule has 0 fully saturated rings. The van der Waals surface area contributed by atoms with Crippen LogP contribution < -0.4 is 4.74 Å². The molecule has 1 atom stereocenters. The van der Waals surface area contributed by atoms with Gasteiger partial charge in [0.25, 0.3) is 0 Å². The highest BCUT2D eigenvalue weighted by Crippen LogP contribution is 2.43. The maximum absolute atomic E-state index is 6.25. The molecule has 0 aliphatic heterocycles. The van der Waals surface area contributed by atoms with Crippen LogP contribution in [0.1, 0.15) is 40.2 Å². The zero-order valence-corrected chi connectivity index (χ0v) is 14.1. The number of fused-ring (bicyclic) bond motifs is 1. The van der Waals surface area contributed by atoms with Crippen LogP contribution in [0.4, 0.5) is 0 Å². The molecule has 0 saturated carbocycles. The van der Waals surface area contributed by atoms with Crippen molar-refractivity contribution in [2.45, 2.75) is 40.7 Å².